The van der Waals surface area contributed by atoms with E-state index in [9.17, 15) is 9.59 Å². The second kappa shape index (κ2) is 8.14. The van der Waals surface area contributed by atoms with Crippen molar-refractivity contribution in [3.05, 3.63) is 66.2 Å². The Kier molecular flexibility index (Phi) is 5.24. The van der Waals surface area contributed by atoms with Crippen molar-refractivity contribution >= 4 is 34.4 Å². The highest BCUT2D eigenvalue weighted by Crippen LogP contribution is 2.35. The van der Waals surface area contributed by atoms with Crippen molar-refractivity contribution < 1.29 is 23.8 Å². The van der Waals surface area contributed by atoms with Crippen LogP contribution in [0.1, 0.15) is 17.3 Å². The summed E-state index contributed by atoms with van der Waals surface area (Å²) in [5, 5.41) is 1.94. The second-order valence-electron chi connectivity index (χ2n) is 6.47. The number of hydrogen-bond donors (Lipinski definition) is 0. The van der Waals surface area contributed by atoms with Crippen LogP contribution in [0.3, 0.4) is 0 Å². The van der Waals surface area contributed by atoms with Crippen LogP contribution in [0, 0.1) is 5.92 Å². The van der Waals surface area contributed by atoms with E-state index in [2.05, 4.69) is 4.99 Å². The molecular formula is C23H19NO5. The third-order valence-electron chi connectivity index (χ3n) is 4.59. The summed E-state index contributed by atoms with van der Waals surface area (Å²) in [5.74, 6) is -0.915. The fourth-order valence-electron chi connectivity index (χ4n) is 3.12. The lowest BCUT2D eigenvalue weighted by Gasteiger charge is -2.11. The molecule has 3 aromatic carbocycles. The molecule has 6 nitrogen and oxygen atoms in total. The topological polar surface area (TPSA) is 74.2 Å². The van der Waals surface area contributed by atoms with E-state index < -0.39 is 11.9 Å². The highest BCUT2D eigenvalue weighted by molar-refractivity contribution is 6.19. The van der Waals surface area contributed by atoms with E-state index in [-0.39, 0.29) is 19.2 Å². The van der Waals surface area contributed by atoms with E-state index in [1.165, 1.54) is 6.21 Å². The lowest BCUT2D eigenvalue weighted by atomic mass is 9.96. The minimum atomic E-state index is -1.14. The summed E-state index contributed by atoms with van der Waals surface area (Å²) in [6.45, 7) is 2.04. The predicted octanol–water partition coefficient (Wildman–Crippen LogP) is 4.33. The zero-order valence-corrected chi connectivity index (χ0v) is 15.8. The standard InChI is InChI=1S/C23H19NO5/c1-2-27-23(26)19(13-24-18-9-10-20-21(12-18)29-14-28-20)22(25)17-8-7-15-5-3-4-6-16(15)11-17/h3-13,19H,2,14H2,1H3. The number of hydrogen-bond acceptors (Lipinski definition) is 6. The molecule has 0 aliphatic carbocycles. The van der Waals surface area contributed by atoms with Gasteiger partial charge in [-0.25, -0.2) is 0 Å². The van der Waals surface area contributed by atoms with Crippen LogP contribution in [0.4, 0.5) is 5.69 Å². The molecule has 0 amide bonds. The predicted molar refractivity (Wildman–Crippen MR) is 109 cm³/mol. The van der Waals surface area contributed by atoms with Crippen molar-refractivity contribution in [1.82, 2.24) is 0 Å². The molecule has 0 fully saturated rings. The van der Waals surface area contributed by atoms with Gasteiger partial charge < -0.3 is 14.2 Å². The zero-order chi connectivity index (χ0) is 20.2. The molecule has 0 spiro atoms. The number of rotatable bonds is 6. The number of ketones is 1. The first-order valence-corrected chi connectivity index (χ1v) is 9.29. The van der Waals surface area contributed by atoms with Crippen LogP contribution >= 0.6 is 0 Å². The third-order valence-corrected chi connectivity index (χ3v) is 4.59. The molecule has 146 valence electrons. The quantitative estimate of drug-likeness (QED) is 0.271. The summed E-state index contributed by atoms with van der Waals surface area (Å²) in [4.78, 5) is 29.8. The first-order chi connectivity index (χ1) is 14.2. The Morgan fingerprint density at radius 2 is 1.83 bits per heavy atom. The van der Waals surface area contributed by atoms with E-state index in [1.807, 2.05) is 30.3 Å². The molecule has 1 aliphatic heterocycles. The molecule has 0 radical (unpaired) electrons. The minimum absolute atomic E-state index is 0.161. The summed E-state index contributed by atoms with van der Waals surface area (Å²) in [6, 6.07) is 18.2. The van der Waals surface area contributed by atoms with Crippen molar-refractivity contribution in [2.75, 3.05) is 13.4 Å². The van der Waals surface area contributed by atoms with Gasteiger partial charge in [-0.1, -0.05) is 36.4 Å². The van der Waals surface area contributed by atoms with Gasteiger partial charge in [-0.3, -0.25) is 14.6 Å². The normalized spacial score (nSPS) is 13.6. The van der Waals surface area contributed by atoms with Crippen LogP contribution < -0.4 is 9.47 Å². The first kappa shape index (κ1) is 18.7. The summed E-state index contributed by atoms with van der Waals surface area (Å²) in [5.41, 5.74) is 0.980. The lowest BCUT2D eigenvalue weighted by Crippen LogP contribution is -2.27. The van der Waals surface area contributed by atoms with E-state index in [4.69, 9.17) is 14.2 Å². The van der Waals surface area contributed by atoms with Gasteiger partial charge in [-0.15, -0.1) is 0 Å². The van der Waals surface area contributed by atoms with Crippen LogP contribution in [-0.4, -0.2) is 31.4 Å². The largest absolute Gasteiger partial charge is 0.465 e. The van der Waals surface area contributed by atoms with Crippen LogP contribution in [0.15, 0.2) is 65.7 Å². The van der Waals surface area contributed by atoms with E-state index in [0.29, 0.717) is 22.7 Å². The molecule has 1 atom stereocenters. The monoisotopic (exact) mass is 389 g/mol. The third kappa shape index (κ3) is 3.96. The number of Topliss-reactive ketones (excluding diaryl/α,β-unsaturated/α-hetero) is 1. The molecule has 1 heterocycles. The van der Waals surface area contributed by atoms with Crippen LogP contribution in [0.2, 0.25) is 0 Å². The molecule has 29 heavy (non-hydrogen) atoms. The molecule has 0 saturated carbocycles. The number of nitrogens with zero attached hydrogens (tertiary/aromatic N) is 1. The molecule has 0 N–H and O–H groups in total. The van der Waals surface area contributed by atoms with Crippen LogP contribution in [0.5, 0.6) is 11.5 Å². The average Bonchev–Trinajstić information content (AvgIpc) is 3.21. The zero-order valence-electron chi connectivity index (χ0n) is 15.8. The highest BCUT2D eigenvalue weighted by Gasteiger charge is 2.27. The van der Waals surface area contributed by atoms with Crippen molar-refractivity contribution in [3.8, 4) is 11.5 Å². The van der Waals surface area contributed by atoms with Gasteiger partial charge in [0.15, 0.2) is 23.2 Å². The number of ether oxygens (including phenoxy) is 3. The van der Waals surface area contributed by atoms with Gasteiger partial charge in [0.1, 0.15) is 0 Å². The fraction of sp³-hybridized carbons (Fsp3) is 0.174. The van der Waals surface area contributed by atoms with Gasteiger partial charge in [0.25, 0.3) is 0 Å². The molecule has 0 aromatic heterocycles. The van der Waals surface area contributed by atoms with Gasteiger partial charge in [-0.2, -0.15) is 0 Å². The van der Waals surface area contributed by atoms with Gasteiger partial charge in [0, 0.05) is 17.8 Å². The molecule has 0 saturated heterocycles. The Labute approximate surface area is 167 Å². The molecule has 1 aliphatic rings. The average molecular weight is 389 g/mol. The molecule has 3 aromatic rings. The molecule has 6 heteroatoms. The van der Waals surface area contributed by atoms with Gasteiger partial charge in [-0.05, 0) is 35.9 Å². The van der Waals surface area contributed by atoms with Crippen molar-refractivity contribution in [3.63, 3.8) is 0 Å². The Hall–Kier alpha value is -3.67. The summed E-state index contributed by atoms with van der Waals surface area (Å²) in [6.07, 6.45) is 1.33. The Bertz CT molecular complexity index is 1110. The summed E-state index contributed by atoms with van der Waals surface area (Å²) >= 11 is 0. The maximum absolute atomic E-state index is 13.1. The number of esters is 1. The SMILES string of the molecule is CCOC(=O)C(C=Nc1ccc2c(c1)OCO2)C(=O)c1ccc2ccccc2c1. The van der Waals surface area contributed by atoms with Gasteiger partial charge in [0.2, 0.25) is 6.79 Å². The lowest BCUT2D eigenvalue weighted by molar-refractivity contribution is -0.143. The highest BCUT2D eigenvalue weighted by atomic mass is 16.7. The van der Waals surface area contributed by atoms with Crippen LogP contribution in [-0.2, 0) is 9.53 Å². The number of fused-ring (bicyclic) bond motifs is 2. The number of benzene rings is 3. The van der Waals surface area contributed by atoms with Crippen molar-refractivity contribution in [1.29, 1.82) is 0 Å². The van der Waals surface area contributed by atoms with Crippen molar-refractivity contribution in [2.24, 2.45) is 10.9 Å². The summed E-state index contributed by atoms with van der Waals surface area (Å²) in [7, 11) is 0. The summed E-state index contributed by atoms with van der Waals surface area (Å²) < 4.78 is 15.7. The number of carbonyl (C=O) groups is 2. The maximum Gasteiger partial charge on any atom is 0.322 e. The number of aliphatic imine (C=N–C) groups is 1. The Balaban J connectivity index is 1.63. The first-order valence-electron chi connectivity index (χ1n) is 9.29. The van der Waals surface area contributed by atoms with Crippen LogP contribution in [0.25, 0.3) is 10.8 Å². The van der Waals surface area contributed by atoms with E-state index >= 15 is 0 Å². The van der Waals surface area contributed by atoms with E-state index in [0.717, 1.165) is 10.8 Å². The minimum Gasteiger partial charge on any atom is -0.465 e. The molecule has 0 bridgehead atoms. The van der Waals surface area contributed by atoms with E-state index in [1.54, 1.807) is 37.3 Å². The fourth-order valence-corrected chi connectivity index (χ4v) is 3.12. The van der Waals surface area contributed by atoms with Crippen molar-refractivity contribution in [2.45, 2.75) is 6.92 Å². The molecule has 1 unspecified atom stereocenters. The Morgan fingerprint density at radius 1 is 1.03 bits per heavy atom. The van der Waals surface area contributed by atoms with Gasteiger partial charge in [0.05, 0.1) is 12.3 Å². The maximum atomic E-state index is 13.1. The molecular weight excluding hydrogens is 370 g/mol. The molecule has 4 rings (SSSR count). The van der Waals surface area contributed by atoms with Gasteiger partial charge >= 0.3 is 5.97 Å². The smallest absolute Gasteiger partial charge is 0.322 e. The number of carbonyl (C=O) groups excluding carboxylic acids is 2. The second-order valence-corrected chi connectivity index (χ2v) is 6.47. The Morgan fingerprint density at radius 3 is 2.66 bits per heavy atom.